The number of nitrogens with two attached hydrogens (primary N) is 1. The van der Waals surface area contributed by atoms with Crippen molar-refractivity contribution in [3.05, 3.63) is 34.9 Å². The molecule has 1 aromatic carbocycles. The van der Waals surface area contributed by atoms with Crippen LogP contribution in [0.25, 0.3) is 0 Å². The Hall–Kier alpha value is -1.39. The summed E-state index contributed by atoms with van der Waals surface area (Å²) in [7, 11) is 0. The Bertz CT molecular complexity index is 571. The SMILES string of the molecule is CC(C)(C)C(=O)N1Cc2ccc(C(N)C3CCCO3)cc2C1. The van der Waals surface area contributed by atoms with E-state index < -0.39 is 0 Å². The quantitative estimate of drug-likeness (QED) is 0.914. The van der Waals surface area contributed by atoms with Crippen LogP contribution in [-0.2, 0) is 22.6 Å². The molecule has 2 N–H and O–H groups in total. The number of ether oxygens (including phenoxy) is 1. The molecule has 1 aromatic rings. The van der Waals surface area contributed by atoms with E-state index >= 15 is 0 Å². The van der Waals surface area contributed by atoms with Gasteiger partial charge in [0.2, 0.25) is 5.91 Å². The zero-order chi connectivity index (χ0) is 15.9. The molecule has 2 heterocycles. The number of amides is 1. The largest absolute Gasteiger partial charge is 0.376 e. The third-order valence-electron chi connectivity index (χ3n) is 4.63. The van der Waals surface area contributed by atoms with Gasteiger partial charge in [0.25, 0.3) is 0 Å². The summed E-state index contributed by atoms with van der Waals surface area (Å²) in [6.45, 7) is 8.13. The highest BCUT2D eigenvalue weighted by atomic mass is 16.5. The topological polar surface area (TPSA) is 55.6 Å². The van der Waals surface area contributed by atoms with Crippen LogP contribution >= 0.6 is 0 Å². The predicted octanol–water partition coefficient (Wildman–Crippen LogP) is 2.75. The molecule has 120 valence electrons. The van der Waals surface area contributed by atoms with Crippen molar-refractivity contribution >= 4 is 5.91 Å². The fourth-order valence-corrected chi connectivity index (χ4v) is 3.34. The Labute approximate surface area is 132 Å². The van der Waals surface area contributed by atoms with Crippen LogP contribution in [0.5, 0.6) is 0 Å². The van der Waals surface area contributed by atoms with E-state index in [2.05, 4.69) is 18.2 Å². The van der Waals surface area contributed by atoms with Gasteiger partial charge in [-0.15, -0.1) is 0 Å². The van der Waals surface area contributed by atoms with Gasteiger partial charge in [0.15, 0.2) is 0 Å². The van der Waals surface area contributed by atoms with Gasteiger partial charge in [0.1, 0.15) is 0 Å². The molecule has 2 atom stereocenters. The van der Waals surface area contributed by atoms with Gasteiger partial charge in [0.05, 0.1) is 12.1 Å². The lowest BCUT2D eigenvalue weighted by Gasteiger charge is -2.25. The van der Waals surface area contributed by atoms with Crippen molar-refractivity contribution in [1.82, 2.24) is 4.90 Å². The van der Waals surface area contributed by atoms with Crippen molar-refractivity contribution < 1.29 is 9.53 Å². The van der Waals surface area contributed by atoms with Crippen molar-refractivity contribution in [2.75, 3.05) is 6.61 Å². The first-order valence-corrected chi connectivity index (χ1v) is 8.14. The number of hydrogen-bond acceptors (Lipinski definition) is 3. The zero-order valence-corrected chi connectivity index (χ0v) is 13.8. The summed E-state index contributed by atoms with van der Waals surface area (Å²) < 4.78 is 5.70. The van der Waals surface area contributed by atoms with Crippen LogP contribution in [0, 0.1) is 5.41 Å². The Balaban J connectivity index is 1.76. The van der Waals surface area contributed by atoms with Crippen molar-refractivity contribution in [3.63, 3.8) is 0 Å². The van der Waals surface area contributed by atoms with E-state index in [4.69, 9.17) is 10.5 Å². The minimum absolute atomic E-state index is 0.0693. The number of fused-ring (bicyclic) bond motifs is 1. The van der Waals surface area contributed by atoms with Gasteiger partial charge in [-0.25, -0.2) is 0 Å². The Morgan fingerprint density at radius 2 is 2.05 bits per heavy atom. The molecule has 4 nitrogen and oxygen atoms in total. The lowest BCUT2D eigenvalue weighted by atomic mass is 9.95. The summed E-state index contributed by atoms with van der Waals surface area (Å²) in [5.41, 5.74) is 9.60. The van der Waals surface area contributed by atoms with Gasteiger partial charge < -0.3 is 15.4 Å². The second-order valence-electron chi connectivity index (χ2n) is 7.52. The third-order valence-corrected chi connectivity index (χ3v) is 4.63. The Morgan fingerprint density at radius 1 is 1.32 bits per heavy atom. The molecular formula is C18H26N2O2. The Morgan fingerprint density at radius 3 is 2.68 bits per heavy atom. The molecule has 22 heavy (non-hydrogen) atoms. The lowest BCUT2D eigenvalue weighted by Crippen LogP contribution is -2.35. The number of rotatable bonds is 2. The highest BCUT2D eigenvalue weighted by Crippen LogP contribution is 2.31. The van der Waals surface area contributed by atoms with Crippen LogP contribution in [0.15, 0.2) is 18.2 Å². The first-order chi connectivity index (χ1) is 10.4. The monoisotopic (exact) mass is 302 g/mol. The molecule has 2 aliphatic rings. The maximum Gasteiger partial charge on any atom is 0.228 e. The van der Waals surface area contributed by atoms with Crippen molar-refractivity contribution in [1.29, 1.82) is 0 Å². The van der Waals surface area contributed by atoms with E-state index in [9.17, 15) is 4.79 Å². The second-order valence-corrected chi connectivity index (χ2v) is 7.52. The molecule has 0 spiro atoms. The normalized spacial score (nSPS) is 22.7. The maximum atomic E-state index is 12.4. The van der Waals surface area contributed by atoms with Gasteiger partial charge in [-0.2, -0.15) is 0 Å². The molecular weight excluding hydrogens is 276 g/mol. The first-order valence-electron chi connectivity index (χ1n) is 8.14. The summed E-state index contributed by atoms with van der Waals surface area (Å²) >= 11 is 0. The van der Waals surface area contributed by atoms with E-state index in [0.29, 0.717) is 13.1 Å². The first kappa shape index (κ1) is 15.5. The third kappa shape index (κ3) is 2.90. The van der Waals surface area contributed by atoms with Crippen LogP contribution in [0.1, 0.15) is 56.3 Å². The standard InChI is InChI=1S/C18H26N2O2/c1-18(2,3)17(21)20-10-13-7-6-12(9-14(13)11-20)16(19)15-5-4-8-22-15/h6-7,9,15-16H,4-5,8,10-11,19H2,1-3H3. The van der Waals surface area contributed by atoms with Gasteiger partial charge >= 0.3 is 0 Å². The van der Waals surface area contributed by atoms with Crippen LogP contribution in [0.2, 0.25) is 0 Å². The number of carbonyl (C=O) groups is 1. The highest BCUT2D eigenvalue weighted by Gasteiger charge is 2.32. The summed E-state index contributed by atoms with van der Waals surface area (Å²) in [4.78, 5) is 14.4. The van der Waals surface area contributed by atoms with E-state index in [0.717, 1.165) is 25.0 Å². The average Bonchev–Trinajstić information content (AvgIpc) is 3.12. The number of nitrogens with zero attached hydrogens (tertiary/aromatic N) is 1. The van der Waals surface area contributed by atoms with Crippen molar-refractivity contribution in [3.8, 4) is 0 Å². The predicted molar refractivity (Wildman–Crippen MR) is 86.1 cm³/mol. The molecule has 0 aromatic heterocycles. The number of hydrogen-bond donors (Lipinski definition) is 1. The molecule has 1 amide bonds. The zero-order valence-electron chi connectivity index (χ0n) is 13.8. The molecule has 0 radical (unpaired) electrons. The smallest absolute Gasteiger partial charge is 0.228 e. The van der Waals surface area contributed by atoms with Crippen molar-refractivity contribution in [2.45, 2.75) is 58.8 Å². The van der Waals surface area contributed by atoms with E-state index in [1.807, 2.05) is 25.7 Å². The highest BCUT2D eigenvalue weighted by molar-refractivity contribution is 5.82. The second kappa shape index (κ2) is 5.67. The molecule has 4 heteroatoms. The van der Waals surface area contributed by atoms with Gasteiger partial charge in [0, 0.05) is 25.1 Å². The van der Waals surface area contributed by atoms with Crippen LogP contribution < -0.4 is 5.73 Å². The van der Waals surface area contributed by atoms with Gasteiger partial charge in [-0.3, -0.25) is 4.79 Å². The molecule has 1 saturated heterocycles. The summed E-state index contributed by atoms with van der Waals surface area (Å²) in [5.74, 6) is 0.202. The fourth-order valence-electron chi connectivity index (χ4n) is 3.34. The molecule has 1 fully saturated rings. The number of benzene rings is 1. The van der Waals surface area contributed by atoms with Crippen LogP contribution in [0.4, 0.5) is 0 Å². The van der Waals surface area contributed by atoms with Crippen molar-refractivity contribution in [2.24, 2.45) is 11.1 Å². The summed E-state index contributed by atoms with van der Waals surface area (Å²) in [6.07, 6.45) is 2.26. The molecule has 2 unspecified atom stereocenters. The van der Waals surface area contributed by atoms with E-state index in [1.165, 1.54) is 11.1 Å². The minimum atomic E-state index is -0.334. The Kier molecular flexibility index (Phi) is 4.00. The lowest BCUT2D eigenvalue weighted by molar-refractivity contribution is -0.140. The van der Waals surface area contributed by atoms with Crippen LogP contribution in [-0.4, -0.2) is 23.5 Å². The van der Waals surface area contributed by atoms with E-state index in [1.54, 1.807) is 0 Å². The molecule has 0 bridgehead atoms. The molecule has 0 aliphatic carbocycles. The van der Waals surface area contributed by atoms with E-state index in [-0.39, 0.29) is 23.5 Å². The van der Waals surface area contributed by atoms with Crippen LogP contribution in [0.3, 0.4) is 0 Å². The van der Waals surface area contributed by atoms with Gasteiger partial charge in [-0.1, -0.05) is 39.0 Å². The minimum Gasteiger partial charge on any atom is -0.376 e. The fraction of sp³-hybridized carbons (Fsp3) is 0.611. The summed E-state index contributed by atoms with van der Waals surface area (Å²) in [6, 6.07) is 6.31. The molecule has 3 rings (SSSR count). The molecule has 0 saturated carbocycles. The van der Waals surface area contributed by atoms with Gasteiger partial charge in [-0.05, 0) is 29.5 Å². The average molecular weight is 302 g/mol. The number of carbonyl (C=O) groups excluding carboxylic acids is 1. The summed E-state index contributed by atoms with van der Waals surface area (Å²) in [5, 5.41) is 0. The molecule has 2 aliphatic heterocycles. The maximum absolute atomic E-state index is 12.4.